The maximum absolute atomic E-state index is 11.4. The molecule has 0 aliphatic carbocycles. The van der Waals surface area contributed by atoms with Crippen molar-refractivity contribution >= 4 is 17.7 Å². The number of rotatable bonds is 6. The lowest BCUT2D eigenvalue weighted by molar-refractivity contribution is -0.119. The van der Waals surface area contributed by atoms with Crippen molar-refractivity contribution in [3.63, 3.8) is 0 Å². The Bertz CT molecular complexity index is 399. The van der Waals surface area contributed by atoms with E-state index in [-0.39, 0.29) is 11.9 Å². The van der Waals surface area contributed by atoms with Crippen molar-refractivity contribution in [3.8, 4) is 0 Å². The smallest absolute Gasteiger partial charge is 0.239 e. The second kappa shape index (κ2) is 6.09. The van der Waals surface area contributed by atoms with E-state index in [2.05, 4.69) is 25.7 Å². The molecule has 1 rings (SSSR count). The van der Waals surface area contributed by atoms with Gasteiger partial charge >= 0.3 is 0 Å². The monoisotopic (exact) mass is 232 g/mol. The van der Waals surface area contributed by atoms with Crippen LogP contribution in [-0.4, -0.2) is 11.9 Å². The molecule has 3 heteroatoms. The summed E-state index contributed by atoms with van der Waals surface area (Å²) in [6.45, 7) is 7.88. The number of amides is 1. The van der Waals surface area contributed by atoms with E-state index in [0.717, 1.165) is 17.7 Å². The number of anilines is 1. The quantitative estimate of drug-likeness (QED) is 0.792. The van der Waals surface area contributed by atoms with Crippen molar-refractivity contribution in [1.82, 2.24) is 0 Å². The Morgan fingerprint density at radius 2 is 2.12 bits per heavy atom. The van der Waals surface area contributed by atoms with Gasteiger partial charge in [-0.25, -0.2) is 0 Å². The van der Waals surface area contributed by atoms with Gasteiger partial charge in [0.05, 0.1) is 0 Å². The van der Waals surface area contributed by atoms with E-state index in [1.165, 1.54) is 0 Å². The van der Waals surface area contributed by atoms with Crippen LogP contribution in [0.4, 0.5) is 5.69 Å². The zero-order chi connectivity index (χ0) is 12.8. The van der Waals surface area contributed by atoms with Crippen LogP contribution in [0, 0.1) is 5.92 Å². The minimum atomic E-state index is -0.337. The van der Waals surface area contributed by atoms with Gasteiger partial charge in [-0.3, -0.25) is 4.79 Å². The van der Waals surface area contributed by atoms with Crippen LogP contribution in [0.25, 0.3) is 6.08 Å². The topological polar surface area (TPSA) is 55.1 Å². The molecule has 17 heavy (non-hydrogen) atoms. The Kier molecular flexibility index (Phi) is 4.76. The number of primary amides is 1. The molecule has 0 radical (unpaired) electrons. The first-order valence-corrected chi connectivity index (χ1v) is 5.82. The van der Waals surface area contributed by atoms with Crippen molar-refractivity contribution < 1.29 is 4.79 Å². The molecule has 3 N–H and O–H groups in total. The highest BCUT2D eigenvalue weighted by Crippen LogP contribution is 2.19. The molecule has 0 spiro atoms. The minimum Gasteiger partial charge on any atom is -0.373 e. The molecule has 92 valence electrons. The number of benzene rings is 1. The Morgan fingerprint density at radius 3 is 2.65 bits per heavy atom. The molecular weight excluding hydrogens is 212 g/mol. The normalized spacial score (nSPS) is 12.2. The van der Waals surface area contributed by atoms with Crippen molar-refractivity contribution in [2.24, 2.45) is 11.7 Å². The SMILES string of the molecule is C=Cc1ccccc1NC(CC(C)C)C(N)=O. The lowest BCUT2D eigenvalue weighted by Crippen LogP contribution is -2.36. The van der Waals surface area contributed by atoms with Crippen molar-refractivity contribution in [2.45, 2.75) is 26.3 Å². The zero-order valence-electron chi connectivity index (χ0n) is 10.4. The minimum absolute atomic E-state index is 0.322. The molecule has 1 amide bonds. The van der Waals surface area contributed by atoms with Crippen LogP contribution in [0.5, 0.6) is 0 Å². The molecule has 1 unspecified atom stereocenters. The second-order valence-electron chi connectivity index (χ2n) is 4.52. The van der Waals surface area contributed by atoms with Gasteiger partial charge < -0.3 is 11.1 Å². The molecule has 0 heterocycles. The highest BCUT2D eigenvalue weighted by atomic mass is 16.1. The maximum Gasteiger partial charge on any atom is 0.239 e. The van der Waals surface area contributed by atoms with E-state index < -0.39 is 0 Å². The first kappa shape index (κ1) is 13.3. The van der Waals surface area contributed by atoms with Gasteiger partial charge in [-0.05, 0) is 24.0 Å². The van der Waals surface area contributed by atoms with E-state index in [0.29, 0.717) is 5.92 Å². The van der Waals surface area contributed by atoms with E-state index in [1.54, 1.807) is 6.08 Å². The van der Waals surface area contributed by atoms with Gasteiger partial charge in [0.2, 0.25) is 5.91 Å². The molecule has 1 aromatic carbocycles. The van der Waals surface area contributed by atoms with Crippen LogP contribution < -0.4 is 11.1 Å². The van der Waals surface area contributed by atoms with Gasteiger partial charge in [-0.15, -0.1) is 0 Å². The summed E-state index contributed by atoms with van der Waals surface area (Å²) < 4.78 is 0. The number of hydrogen-bond acceptors (Lipinski definition) is 2. The standard InChI is InChI=1S/C14H20N2O/c1-4-11-7-5-6-8-12(11)16-13(14(15)17)9-10(2)3/h4-8,10,13,16H,1,9H2,2-3H3,(H2,15,17). The van der Waals surface area contributed by atoms with E-state index in [1.807, 2.05) is 24.3 Å². The number of carbonyl (C=O) groups excluding carboxylic acids is 1. The largest absolute Gasteiger partial charge is 0.373 e. The molecule has 1 atom stereocenters. The predicted molar refractivity (Wildman–Crippen MR) is 72.6 cm³/mol. The van der Waals surface area contributed by atoms with Crippen LogP contribution >= 0.6 is 0 Å². The Morgan fingerprint density at radius 1 is 1.47 bits per heavy atom. The molecule has 0 saturated heterocycles. The molecule has 0 fully saturated rings. The molecule has 0 aromatic heterocycles. The van der Waals surface area contributed by atoms with Gasteiger partial charge in [-0.2, -0.15) is 0 Å². The summed E-state index contributed by atoms with van der Waals surface area (Å²) in [5.74, 6) is 0.0912. The van der Waals surface area contributed by atoms with Crippen LogP contribution in [0.15, 0.2) is 30.8 Å². The summed E-state index contributed by atoms with van der Waals surface area (Å²) >= 11 is 0. The van der Waals surface area contributed by atoms with E-state index >= 15 is 0 Å². The summed E-state index contributed by atoms with van der Waals surface area (Å²) in [5, 5.41) is 3.18. The third kappa shape index (κ3) is 3.94. The Hall–Kier alpha value is -1.77. The fraction of sp³-hybridized carbons (Fsp3) is 0.357. The maximum atomic E-state index is 11.4. The average molecular weight is 232 g/mol. The highest BCUT2D eigenvalue weighted by Gasteiger charge is 2.17. The molecular formula is C14H20N2O. The lowest BCUT2D eigenvalue weighted by Gasteiger charge is -2.19. The van der Waals surface area contributed by atoms with Crippen molar-refractivity contribution in [2.75, 3.05) is 5.32 Å². The van der Waals surface area contributed by atoms with E-state index in [4.69, 9.17) is 5.73 Å². The first-order chi connectivity index (χ1) is 8.04. The fourth-order valence-electron chi connectivity index (χ4n) is 1.71. The summed E-state index contributed by atoms with van der Waals surface area (Å²) in [4.78, 5) is 11.4. The van der Waals surface area contributed by atoms with Crippen molar-refractivity contribution in [1.29, 1.82) is 0 Å². The van der Waals surface area contributed by atoms with Gasteiger partial charge in [0, 0.05) is 5.69 Å². The van der Waals surface area contributed by atoms with Gasteiger partial charge in [0.1, 0.15) is 6.04 Å². The molecule has 0 bridgehead atoms. The molecule has 0 saturated carbocycles. The molecule has 3 nitrogen and oxygen atoms in total. The number of carbonyl (C=O) groups is 1. The lowest BCUT2D eigenvalue weighted by atomic mass is 10.0. The highest BCUT2D eigenvalue weighted by molar-refractivity contribution is 5.84. The summed E-state index contributed by atoms with van der Waals surface area (Å²) in [6, 6.07) is 7.39. The average Bonchev–Trinajstić information content (AvgIpc) is 2.28. The number of para-hydroxylation sites is 1. The first-order valence-electron chi connectivity index (χ1n) is 5.82. The summed E-state index contributed by atoms with van der Waals surface area (Å²) in [5.41, 5.74) is 7.27. The zero-order valence-corrected chi connectivity index (χ0v) is 10.4. The number of nitrogens with one attached hydrogen (secondary N) is 1. The fourth-order valence-corrected chi connectivity index (χ4v) is 1.71. The van der Waals surface area contributed by atoms with E-state index in [9.17, 15) is 4.79 Å². The summed E-state index contributed by atoms with van der Waals surface area (Å²) in [7, 11) is 0. The van der Waals surface area contributed by atoms with Crippen LogP contribution in [0.2, 0.25) is 0 Å². The van der Waals surface area contributed by atoms with Crippen LogP contribution in [-0.2, 0) is 4.79 Å². The van der Waals surface area contributed by atoms with Gasteiger partial charge in [0.15, 0.2) is 0 Å². The number of nitrogens with two attached hydrogens (primary N) is 1. The van der Waals surface area contributed by atoms with Crippen LogP contribution in [0.1, 0.15) is 25.8 Å². The summed E-state index contributed by atoms with van der Waals surface area (Å²) in [6.07, 6.45) is 2.48. The predicted octanol–water partition coefficient (Wildman–Crippen LogP) is 2.64. The van der Waals surface area contributed by atoms with Gasteiger partial charge in [-0.1, -0.05) is 44.7 Å². The molecule has 1 aromatic rings. The number of hydrogen-bond donors (Lipinski definition) is 2. The van der Waals surface area contributed by atoms with Crippen LogP contribution in [0.3, 0.4) is 0 Å². The second-order valence-corrected chi connectivity index (χ2v) is 4.52. The van der Waals surface area contributed by atoms with Gasteiger partial charge in [0.25, 0.3) is 0 Å². The Labute approximate surface area is 103 Å². The van der Waals surface area contributed by atoms with Crippen molar-refractivity contribution in [3.05, 3.63) is 36.4 Å². The molecule has 0 aliphatic rings. The Balaban J connectivity index is 2.85. The third-order valence-electron chi connectivity index (χ3n) is 2.56. The third-order valence-corrected chi connectivity index (χ3v) is 2.56. The molecule has 0 aliphatic heterocycles.